The number of benzene rings is 1. The van der Waals surface area contributed by atoms with Crippen molar-refractivity contribution in [3.63, 3.8) is 0 Å². The van der Waals surface area contributed by atoms with Crippen LogP contribution in [-0.4, -0.2) is 37.5 Å². The molecule has 0 saturated carbocycles. The lowest BCUT2D eigenvalue weighted by atomic mass is 10.1. The third-order valence-electron chi connectivity index (χ3n) is 2.72. The molecule has 3 N–H and O–H groups in total. The number of ether oxygens (including phenoxy) is 1. The van der Waals surface area contributed by atoms with E-state index in [1.54, 1.807) is 0 Å². The van der Waals surface area contributed by atoms with E-state index >= 15 is 0 Å². The van der Waals surface area contributed by atoms with Crippen molar-refractivity contribution in [1.82, 2.24) is 5.32 Å². The first-order valence-corrected chi connectivity index (χ1v) is 6.92. The van der Waals surface area contributed by atoms with Crippen LogP contribution in [0.15, 0.2) is 12.1 Å². The summed E-state index contributed by atoms with van der Waals surface area (Å²) in [6.45, 7) is 5.18. The topological polar surface area (TPSA) is 70.6 Å². The van der Waals surface area contributed by atoms with Crippen molar-refractivity contribution in [2.24, 2.45) is 0 Å². The minimum absolute atomic E-state index is 0.0169. The second-order valence-electron chi connectivity index (χ2n) is 4.49. The zero-order valence-corrected chi connectivity index (χ0v) is 12.6. The van der Waals surface area contributed by atoms with Crippen molar-refractivity contribution < 1.29 is 14.6 Å². The number of urea groups is 1. The van der Waals surface area contributed by atoms with Crippen LogP contribution in [0.3, 0.4) is 0 Å². The van der Waals surface area contributed by atoms with Gasteiger partial charge in [-0.05, 0) is 43.5 Å². The molecule has 0 heterocycles. The second-order valence-corrected chi connectivity index (χ2v) is 4.92. The number of hydrogen-bond donors (Lipinski definition) is 3. The standard InChI is InChI=1S/C14H21ClN2O3/c1-10-8-12(15)9-11(2)13(10)17-14(19)16-4-3-6-20-7-5-18/h8-9,18H,3-7H2,1-2H3,(H2,16,17,19). The van der Waals surface area contributed by atoms with Crippen LogP contribution in [0, 0.1) is 13.8 Å². The Morgan fingerprint density at radius 3 is 2.55 bits per heavy atom. The third kappa shape index (κ3) is 5.77. The normalized spacial score (nSPS) is 10.4. The first-order valence-electron chi connectivity index (χ1n) is 6.54. The van der Waals surface area contributed by atoms with Crippen molar-refractivity contribution >= 4 is 23.3 Å². The Balaban J connectivity index is 2.36. The van der Waals surface area contributed by atoms with Crippen molar-refractivity contribution in [3.05, 3.63) is 28.3 Å². The molecule has 0 atom stereocenters. The SMILES string of the molecule is Cc1cc(Cl)cc(C)c1NC(=O)NCCCOCCO. The Morgan fingerprint density at radius 2 is 1.95 bits per heavy atom. The summed E-state index contributed by atoms with van der Waals surface area (Å²) in [7, 11) is 0. The van der Waals surface area contributed by atoms with Gasteiger partial charge >= 0.3 is 6.03 Å². The fraction of sp³-hybridized carbons (Fsp3) is 0.500. The van der Waals surface area contributed by atoms with Crippen molar-refractivity contribution in [2.45, 2.75) is 20.3 Å². The van der Waals surface area contributed by atoms with E-state index in [-0.39, 0.29) is 12.6 Å². The van der Waals surface area contributed by atoms with Crippen LogP contribution in [0.2, 0.25) is 5.02 Å². The highest BCUT2D eigenvalue weighted by molar-refractivity contribution is 6.30. The lowest BCUT2D eigenvalue weighted by molar-refractivity contribution is 0.0910. The molecule has 6 heteroatoms. The van der Waals surface area contributed by atoms with Gasteiger partial charge in [0.05, 0.1) is 13.2 Å². The van der Waals surface area contributed by atoms with E-state index in [4.69, 9.17) is 21.4 Å². The van der Waals surface area contributed by atoms with E-state index < -0.39 is 0 Å². The second kappa shape index (κ2) is 8.79. The fourth-order valence-electron chi connectivity index (χ4n) is 1.81. The van der Waals surface area contributed by atoms with Crippen molar-refractivity contribution in [3.8, 4) is 0 Å². The molecule has 2 amide bonds. The van der Waals surface area contributed by atoms with Crippen LogP contribution in [0.4, 0.5) is 10.5 Å². The molecule has 0 bridgehead atoms. The molecule has 0 unspecified atom stereocenters. The number of hydrogen-bond acceptors (Lipinski definition) is 3. The molecule has 0 aliphatic carbocycles. The molecule has 1 aromatic rings. The molecule has 0 aliphatic heterocycles. The number of aryl methyl sites for hydroxylation is 2. The molecular weight excluding hydrogens is 280 g/mol. The maximum atomic E-state index is 11.8. The monoisotopic (exact) mass is 300 g/mol. The van der Waals surface area contributed by atoms with E-state index in [0.717, 1.165) is 16.8 Å². The van der Waals surface area contributed by atoms with Crippen LogP contribution in [-0.2, 0) is 4.74 Å². The maximum Gasteiger partial charge on any atom is 0.319 e. The summed E-state index contributed by atoms with van der Waals surface area (Å²) in [4.78, 5) is 11.8. The molecule has 0 spiro atoms. The van der Waals surface area contributed by atoms with E-state index in [2.05, 4.69) is 10.6 Å². The van der Waals surface area contributed by atoms with Crippen molar-refractivity contribution in [2.75, 3.05) is 31.7 Å². The van der Waals surface area contributed by atoms with Gasteiger partial charge in [0.1, 0.15) is 0 Å². The number of amides is 2. The summed E-state index contributed by atoms with van der Waals surface area (Å²) < 4.78 is 5.10. The molecule has 0 aromatic heterocycles. The van der Waals surface area contributed by atoms with Gasteiger partial charge in [-0.3, -0.25) is 0 Å². The highest BCUT2D eigenvalue weighted by Crippen LogP contribution is 2.24. The molecule has 112 valence electrons. The van der Waals surface area contributed by atoms with E-state index in [1.807, 2.05) is 26.0 Å². The van der Waals surface area contributed by atoms with Gasteiger partial charge < -0.3 is 20.5 Å². The molecule has 0 fully saturated rings. The Morgan fingerprint density at radius 1 is 1.30 bits per heavy atom. The van der Waals surface area contributed by atoms with Crippen LogP contribution in [0.1, 0.15) is 17.5 Å². The number of nitrogens with one attached hydrogen (secondary N) is 2. The van der Waals surface area contributed by atoms with Crippen LogP contribution in [0.5, 0.6) is 0 Å². The number of anilines is 1. The Labute approximate surface area is 124 Å². The zero-order valence-electron chi connectivity index (χ0n) is 11.8. The molecule has 1 aromatic carbocycles. The van der Waals surface area contributed by atoms with Crippen LogP contribution in [0.25, 0.3) is 0 Å². The molecule has 0 aliphatic rings. The molecule has 20 heavy (non-hydrogen) atoms. The summed E-state index contributed by atoms with van der Waals surface area (Å²) in [6.07, 6.45) is 0.700. The minimum atomic E-state index is -0.249. The highest BCUT2D eigenvalue weighted by atomic mass is 35.5. The van der Waals surface area contributed by atoms with Crippen LogP contribution < -0.4 is 10.6 Å². The first kappa shape index (κ1) is 16.8. The molecular formula is C14H21ClN2O3. The third-order valence-corrected chi connectivity index (χ3v) is 2.94. The van der Waals surface area contributed by atoms with Gasteiger partial charge in [-0.25, -0.2) is 4.79 Å². The summed E-state index contributed by atoms with van der Waals surface area (Å²) in [5.41, 5.74) is 2.64. The highest BCUT2D eigenvalue weighted by Gasteiger charge is 2.07. The van der Waals surface area contributed by atoms with E-state index in [1.165, 1.54) is 0 Å². The summed E-state index contributed by atoms with van der Waals surface area (Å²) in [5.74, 6) is 0. The van der Waals surface area contributed by atoms with Gasteiger partial charge in [0.25, 0.3) is 0 Å². The van der Waals surface area contributed by atoms with Crippen LogP contribution >= 0.6 is 11.6 Å². The van der Waals surface area contributed by atoms with E-state index in [9.17, 15) is 4.79 Å². The summed E-state index contributed by atoms with van der Waals surface area (Å²) in [5, 5.41) is 14.8. The summed E-state index contributed by atoms with van der Waals surface area (Å²) in [6, 6.07) is 3.38. The number of aliphatic hydroxyl groups excluding tert-OH is 1. The number of rotatable bonds is 7. The number of halogens is 1. The molecule has 0 saturated heterocycles. The minimum Gasteiger partial charge on any atom is -0.394 e. The van der Waals surface area contributed by atoms with Gasteiger partial charge in [0.15, 0.2) is 0 Å². The predicted molar refractivity (Wildman–Crippen MR) is 80.5 cm³/mol. The Bertz CT molecular complexity index is 429. The predicted octanol–water partition coefficient (Wildman–Crippen LogP) is 2.48. The van der Waals surface area contributed by atoms with Gasteiger partial charge in [-0.1, -0.05) is 11.6 Å². The lowest BCUT2D eigenvalue weighted by Gasteiger charge is -2.13. The number of carbonyl (C=O) groups is 1. The van der Waals surface area contributed by atoms with Gasteiger partial charge in [-0.15, -0.1) is 0 Å². The number of aliphatic hydroxyl groups is 1. The average molecular weight is 301 g/mol. The quantitative estimate of drug-likeness (QED) is 0.678. The first-order chi connectivity index (χ1) is 9.54. The smallest absolute Gasteiger partial charge is 0.319 e. The van der Waals surface area contributed by atoms with Gasteiger partial charge in [0, 0.05) is 23.9 Å². The molecule has 5 nitrogen and oxygen atoms in total. The molecule has 1 rings (SSSR count). The van der Waals surface area contributed by atoms with Crippen molar-refractivity contribution in [1.29, 1.82) is 0 Å². The fourth-order valence-corrected chi connectivity index (χ4v) is 2.14. The lowest BCUT2D eigenvalue weighted by Crippen LogP contribution is -2.30. The maximum absolute atomic E-state index is 11.8. The van der Waals surface area contributed by atoms with Gasteiger partial charge in [0.2, 0.25) is 0 Å². The Hall–Kier alpha value is -1.30. The number of carbonyl (C=O) groups excluding carboxylic acids is 1. The average Bonchev–Trinajstić information content (AvgIpc) is 2.38. The largest absolute Gasteiger partial charge is 0.394 e. The van der Waals surface area contributed by atoms with Gasteiger partial charge in [-0.2, -0.15) is 0 Å². The Kier molecular flexibility index (Phi) is 7.36. The molecule has 0 radical (unpaired) electrons. The zero-order chi connectivity index (χ0) is 15.0. The summed E-state index contributed by atoms with van der Waals surface area (Å²) >= 11 is 5.94. The van der Waals surface area contributed by atoms with E-state index in [0.29, 0.717) is 31.2 Å².